The minimum atomic E-state index is -0.990. The fourth-order valence-corrected chi connectivity index (χ4v) is 2.22. The normalized spacial score (nSPS) is 23.4. The summed E-state index contributed by atoms with van der Waals surface area (Å²) in [4.78, 5) is 11.7. The Kier molecular flexibility index (Phi) is 3.51. The first kappa shape index (κ1) is 13.2. The average Bonchev–Trinajstić information content (AvgIpc) is 2.62. The van der Waals surface area contributed by atoms with Crippen molar-refractivity contribution in [1.29, 1.82) is 0 Å². The SMILES string of the molecule is O=[N+]([O-])c1cc(Br)c(F)cc1N1CC(O)C(O)C1. The van der Waals surface area contributed by atoms with Gasteiger partial charge in [-0.15, -0.1) is 0 Å². The number of aliphatic hydroxyl groups excluding tert-OH is 2. The summed E-state index contributed by atoms with van der Waals surface area (Å²) in [6.45, 7) is 0.0617. The van der Waals surface area contributed by atoms with E-state index in [0.717, 1.165) is 12.1 Å². The molecule has 1 aliphatic heterocycles. The van der Waals surface area contributed by atoms with Crippen LogP contribution < -0.4 is 4.90 Å². The maximum atomic E-state index is 13.4. The van der Waals surface area contributed by atoms with Crippen LogP contribution in [0.25, 0.3) is 0 Å². The quantitative estimate of drug-likeness (QED) is 0.628. The van der Waals surface area contributed by atoms with Crippen LogP contribution in [0, 0.1) is 15.9 Å². The Balaban J connectivity index is 2.43. The molecule has 1 fully saturated rings. The second-order valence-corrected chi connectivity index (χ2v) is 4.91. The highest BCUT2D eigenvalue weighted by Gasteiger charge is 2.33. The van der Waals surface area contributed by atoms with Crippen LogP contribution in [0.2, 0.25) is 0 Å². The molecule has 0 bridgehead atoms. The number of β-amino-alcohol motifs (C(OH)–C–C–N with tert-alkyl or cyclic N) is 2. The summed E-state index contributed by atoms with van der Waals surface area (Å²) in [6.07, 6.45) is -1.98. The molecule has 2 N–H and O–H groups in total. The third kappa shape index (κ3) is 2.31. The van der Waals surface area contributed by atoms with Gasteiger partial charge in [0.1, 0.15) is 11.5 Å². The minimum Gasteiger partial charge on any atom is -0.389 e. The van der Waals surface area contributed by atoms with E-state index >= 15 is 0 Å². The van der Waals surface area contributed by atoms with Gasteiger partial charge in [0.15, 0.2) is 0 Å². The van der Waals surface area contributed by atoms with Crippen LogP contribution in [-0.4, -0.2) is 40.4 Å². The van der Waals surface area contributed by atoms with E-state index in [-0.39, 0.29) is 28.9 Å². The van der Waals surface area contributed by atoms with Crippen molar-refractivity contribution in [3.05, 3.63) is 32.5 Å². The smallest absolute Gasteiger partial charge is 0.293 e. The summed E-state index contributed by atoms with van der Waals surface area (Å²) >= 11 is 2.88. The van der Waals surface area contributed by atoms with Crippen molar-refractivity contribution >= 4 is 27.3 Å². The van der Waals surface area contributed by atoms with Crippen molar-refractivity contribution in [1.82, 2.24) is 0 Å². The molecule has 1 aromatic rings. The first-order valence-electron chi connectivity index (χ1n) is 5.14. The number of hydrogen-bond acceptors (Lipinski definition) is 5. The predicted molar refractivity (Wildman–Crippen MR) is 65.0 cm³/mol. The maximum absolute atomic E-state index is 13.4. The van der Waals surface area contributed by atoms with Gasteiger partial charge < -0.3 is 15.1 Å². The van der Waals surface area contributed by atoms with Crippen LogP contribution in [0.5, 0.6) is 0 Å². The molecule has 0 aliphatic carbocycles. The first-order valence-corrected chi connectivity index (χ1v) is 5.94. The maximum Gasteiger partial charge on any atom is 0.293 e. The zero-order valence-corrected chi connectivity index (χ0v) is 10.7. The van der Waals surface area contributed by atoms with Gasteiger partial charge in [0.25, 0.3) is 5.69 Å². The molecule has 18 heavy (non-hydrogen) atoms. The lowest BCUT2D eigenvalue weighted by molar-refractivity contribution is -0.384. The van der Waals surface area contributed by atoms with Gasteiger partial charge in [0, 0.05) is 25.2 Å². The third-order valence-electron chi connectivity index (χ3n) is 2.81. The number of benzene rings is 1. The Bertz CT molecular complexity index is 489. The fourth-order valence-electron chi connectivity index (χ4n) is 1.89. The molecule has 1 heterocycles. The average molecular weight is 321 g/mol. The number of anilines is 1. The highest BCUT2D eigenvalue weighted by molar-refractivity contribution is 9.10. The van der Waals surface area contributed by atoms with Crippen molar-refractivity contribution < 1.29 is 19.5 Å². The predicted octanol–water partition coefficient (Wildman–Crippen LogP) is 1.04. The molecule has 6 nitrogen and oxygen atoms in total. The first-order chi connectivity index (χ1) is 8.40. The molecule has 2 unspecified atom stereocenters. The molecule has 0 spiro atoms. The van der Waals surface area contributed by atoms with Gasteiger partial charge in [-0.25, -0.2) is 4.39 Å². The van der Waals surface area contributed by atoms with E-state index in [0.29, 0.717) is 0 Å². The molecule has 0 saturated carbocycles. The molecule has 0 aromatic heterocycles. The summed E-state index contributed by atoms with van der Waals surface area (Å²) in [5, 5.41) is 29.8. The topological polar surface area (TPSA) is 86.8 Å². The van der Waals surface area contributed by atoms with Crippen LogP contribution in [0.4, 0.5) is 15.8 Å². The Labute approximate surface area is 110 Å². The van der Waals surface area contributed by atoms with Crippen LogP contribution >= 0.6 is 15.9 Å². The monoisotopic (exact) mass is 320 g/mol. The van der Waals surface area contributed by atoms with Gasteiger partial charge in [0.05, 0.1) is 21.6 Å². The molecule has 2 rings (SSSR count). The summed E-state index contributed by atoms with van der Waals surface area (Å²) in [5.41, 5.74) is -0.221. The fraction of sp³-hybridized carbons (Fsp3) is 0.400. The van der Waals surface area contributed by atoms with Crippen LogP contribution in [0.3, 0.4) is 0 Å². The molecule has 8 heteroatoms. The van der Waals surface area contributed by atoms with E-state index in [1.54, 1.807) is 0 Å². The number of nitrogens with zero attached hydrogens (tertiary/aromatic N) is 2. The Morgan fingerprint density at radius 2 is 1.94 bits per heavy atom. The Hall–Kier alpha value is -1.25. The van der Waals surface area contributed by atoms with Crippen molar-refractivity contribution in [2.45, 2.75) is 12.2 Å². The second kappa shape index (κ2) is 4.79. The van der Waals surface area contributed by atoms with E-state index < -0.39 is 22.9 Å². The Morgan fingerprint density at radius 1 is 1.39 bits per heavy atom. The summed E-state index contributed by atoms with van der Waals surface area (Å²) in [7, 11) is 0. The number of halogens is 2. The van der Waals surface area contributed by atoms with E-state index in [4.69, 9.17) is 0 Å². The number of nitro groups is 1. The summed E-state index contributed by atoms with van der Waals surface area (Å²) in [5.74, 6) is -0.633. The molecule has 2 atom stereocenters. The molecule has 1 aliphatic rings. The molecule has 0 radical (unpaired) electrons. The Morgan fingerprint density at radius 3 is 2.44 bits per heavy atom. The van der Waals surface area contributed by atoms with Gasteiger partial charge in [0.2, 0.25) is 0 Å². The molecular formula is C10H10BrFN2O4. The lowest BCUT2D eigenvalue weighted by Crippen LogP contribution is -2.22. The largest absolute Gasteiger partial charge is 0.389 e. The van der Waals surface area contributed by atoms with Crippen LogP contribution in [0.1, 0.15) is 0 Å². The lowest BCUT2D eigenvalue weighted by atomic mass is 10.2. The van der Waals surface area contributed by atoms with E-state index in [9.17, 15) is 24.7 Å². The van der Waals surface area contributed by atoms with E-state index in [1.807, 2.05) is 0 Å². The standard InChI is InChI=1S/C10H10BrFN2O4/c11-5-1-8(14(17)18)7(2-6(5)12)13-3-9(15)10(16)4-13/h1-2,9-10,15-16H,3-4H2. The number of aliphatic hydroxyl groups is 2. The zero-order valence-electron chi connectivity index (χ0n) is 9.08. The lowest BCUT2D eigenvalue weighted by Gasteiger charge is -2.17. The number of rotatable bonds is 2. The summed E-state index contributed by atoms with van der Waals surface area (Å²) in [6, 6.07) is 2.09. The number of hydrogen-bond donors (Lipinski definition) is 2. The highest BCUT2D eigenvalue weighted by atomic mass is 79.9. The number of nitro benzene ring substituents is 1. The summed E-state index contributed by atoms with van der Waals surface area (Å²) < 4.78 is 13.4. The van der Waals surface area contributed by atoms with Gasteiger partial charge in [-0.1, -0.05) is 0 Å². The van der Waals surface area contributed by atoms with Crippen molar-refractivity contribution in [2.75, 3.05) is 18.0 Å². The molecule has 1 saturated heterocycles. The van der Waals surface area contributed by atoms with Crippen molar-refractivity contribution in [3.8, 4) is 0 Å². The zero-order chi connectivity index (χ0) is 13.4. The van der Waals surface area contributed by atoms with Gasteiger partial charge in [-0.05, 0) is 15.9 Å². The van der Waals surface area contributed by atoms with Crippen molar-refractivity contribution in [3.63, 3.8) is 0 Å². The van der Waals surface area contributed by atoms with Crippen molar-refractivity contribution in [2.24, 2.45) is 0 Å². The molecule has 98 valence electrons. The minimum absolute atomic E-state index is 0.00163. The van der Waals surface area contributed by atoms with Gasteiger partial charge in [-0.3, -0.25) is 10.1 Å². The van der Waals surface area contributed by atoms with E-state index in [2.05, 4.69) is 15.9 Å². The molecular weight excluding hydrogens is 311 g/mol. The highest BCUT2D eigenvalue weighted by Crippen LogP contribution is 2.35. The third-order valence-corrected chi connectivity index (χ3v) is 3.42. The second-order valence-electron chi connectivity index (χ2n) is 4.05. The molecule has 0 amide bonds. The van der Waals surface area contributed by atoms with Gasteiger partial charge >= 0.3 is 0 Å². The van der Waals surface area contributed by atoms with Gasteiger partial charge in [-0.2, -0.15) is 0 Å². The van der Waals surface area contributed by atoms with Crippen LogP contribution in [0.15, 0.2) is 16.6 Å². The van der Waals surface area contributed by atoms with E-state index in [1.165, 1.54) is 4.90 Å². The molecule has 1 aromatic carbocycles. The van der Waals surface area contributed by atoms with Crippen LogP contribution in [-0.2, 0) is 0 Å².